The quantitative estimate of drug-likeness (QED) is 0.777. The fourth-order valence-electron chi connectivity index (χ4n) is 2.39. The fraction of sp³-hybridized carbons (Fsp3) is 0.533. The molecule has 0 unspecified atom stereocenters. The Morgan fingerprint density at radius 1 is 1.39 bits per heavy atom. The van der Waals surface area contributed by atoms with Crippen LogP contribution in [0.5, 0.6) is 11.5 Å². The summed E-state index contributed by atoms with van der Waals surface area (Å²) >= 11 is 0. The summed E-state index contributed by atoms with van der Waals surface area (Å²) in [5.74, 6) is 1.55. The first-order valence-corrected chi connectivity index (χ1v) is 9.21. The van der Waals surface area contributed by atoms with Crippen molar-refractivity contribution in [3.8, 4) is 11.5 Å². The summed E-state index contributed by atoms with van der Waals surface area (Å²) in [4.78, 5) is 13.5. The summed E-state index contributed by atoms with van der Waals surface area (Å²) in [6.07, 6.45) is 0.493. The van der Waals surface area contributed by atoms with Crippen LogP contribution >= 0.6 is 0 Å². The molecule has 1 N–H and O–H groups in total. The monoisotopic (exact) mass is 342 g/mol. The molecule has 0 spiro atoms. The van der Waals surface area contributed by atoms with Crippen molar-refractivity contribution in [2.75, 3.05) is 38.8 Å². The van der Waals surface area contributed by atoms with Gasteiger partial charge in [-0.3, -0.25) is 0 Å². The Morgan fingerprint density at radius 3 is 2.78 bits per heavy atom. The Labute approximate surface area is 136 Å². The number of sulfone groups is 1. The van der Waals surface area contributed by atoms with Crippen molar-refractivity contribution >= 4 is 15.9 Å². The molecule has 0 aliphatic carbocycles. The highest BCUT2D eigenvalue weighted by molar-refractivity contribution is 7.91. The molecule has 8 heteroatoms. The molecule has 1 aromatic rings. The molecular weight excluding hydrogens is 320 g/mol. The third-order valence-electron chi connectivity index (χ3n) is 3.76. The maximum atomic E-state index is 12.0. The Hall–Kier alpha value is -1.96. The van der Waals surface area contributed by atoms with Gasteiger partial charge in [0.2, 0.25) is 0 Å². The van der Waals surface area contributed by atoms with Crippen LogP contribution in [-0.2, 0) is 9.84 Å². The zero-order valence-electron chi connectivity index (χ0n) is 13.3. The standard InChI is InChI=1S/C15H22N2O5S/c1-17(12-6-9-23(19,20)11-12)15(18)16-7-8-22-14-5-3-4-13(10-14)21-2/h3-5,10,12H,6-9,11H2,1-2H3,(H,16,18)/t12-/m1/s1. The van der Waals surface area contributed by atoms with Crippen molar-refractivity contribution in [3.05, 3.63) is 24.3 Å². The van der Waals surface area contributed by atoms with Gasteiger partial charge in [0.25, 0.3) is 0 Å². The number of urea groups is 1. The second-order valence-corrected chi connectivity index (χ2v) is 7.66. The summed E-state index contributed by atoms with van der Waals surface area (Å²) in [5.41, 5.74) is 0. The van der Waals surface area contributed by atoms with Gasteiger partial charge in [-0.05, 0) is 18.6 Å². The van der Waals surface area contributed by atoms with Crippen LogP contribution in [-0.4, -0.2) is 64.2 Å². The minimum Gasteiger partial charge on any atom is -0.497 e. The highest BCUT2D eigenvalue weighted by Gasteiger charge is 2.32. The van der Waals surface area contributed by atoms with Crippen molar-refractivity contribution in [2.24, 2.45) is 0 Å². The number of nitrogens with one attached hydrogen (secondary N) is 1. The van der Waals surface area contributed by atoms with Crippen LogP contribution in [0.15, 0.2) is 24.3 Å². The van der Waals surface area contributed by atoms with Gasteiger partial charge < -0.3 is 19.7 Å². The number of hydrogen-bond donors (Lipinski definition) is 1. The van der Waals surface area contributed by atoms with Crippen molar-refractivity contribution < 1.29 is 22.7 Å². The number of ether oxygens (including phenoxy) is 2. The van der Waals surface area contributed by atoms with E-state index in [1.54, 1.807) is 26.3 Å². The van der Waals surface area contributed by atoms with Gasteiger partial charge in [0.1, 0.15) is 18.1 Å². The van der Waals surface area contributed by atoms with Gasteiger partial charge in [-0.2, -0.15) is 0 Å². The lowest BCUT2D eigenvalue weighted by atomic mass is 10.2. The molecule has 1 aromatic carbocycles. The van der Waals surface area contributed by atoms with Crippen LogP contribution in [0.1, 0.15) is 6.42 Å². The lowest BCUT2D eigenvalue weighted by molar-refractivity contribution is 0.192. The number of nitrogens with zero attached hydrogens (tertiary/aromatic N) is 1. The van der Waals surface area contributed by atoms with Crippen LogP contribution in [0.4, 0.5) is 4.79 Å². The summed E-state index contributed by atoms with van der Waals surface area (Å²) in [7, 11) is 0.197. The zero-order valence-corrected chi connectivity index (χ0v) is 14.1. The lowest BCUT2D eigenvalue weighted by Gasteiger charge is -2.23. The van der Waals surface area contributed by atoms with E-state index >= 15 is 0 Å². The van der Waals surface area contributed by atoms with E-state index in [0.29, 0.717) is 31.1 Å². The predicted molar refractivity (Wildman–Crippen MR) is 86.7 cm³/mol. The highest BCUT2D eigenvalue weighted by atomic mass is 32.2. The van der Waals surface area contributed by atoms with Gasteiger partial charge in [-0.15, -0.1) is 0 Å². The molecule has 128 valence electrons. The number of benzene rings is 1. The SMILES string of the molecule is COc1cccc(OCCNC(=O)N(C)[C@@H]2CCS(=O)(=O)C2)c1. The van der Waals surface area contributed by atoms with Crippen molar-refractivity contribution in [3.63, 3.8) is 0 Å². The van der Waals surface area contributed by atoms with Crippen LogP contribution < -0.4 is 14.8 Å². The number of methoxy groups -OCH3 is 1. The summed E-state index contributed by atoms with van der Waals surface area (Å²) in [6, 6.07) is 6.66. The van der Waals surface area contributed by atoms with E-state index in [1.165, 1.54) is 4.90 Å². The number of carbonyl (C=O) groups is 1. The molecule has 0 bridgehead atoms. The van der Waals surface area contributed by atoms with Crippen LogP contribution in [0.3, 0.4) is 0 Å². The minimum absolute atomic E-state index is 0.0389. The molecule has 2 amide bonds. The molecule has 1 atom stereocenters. The molecule has 7 nitrogen and oxygen atoms in total. The van der Waals surface area contributed by atoms with Crippen molar-refractivity contribution in [2.45, 2.75) is 12.5 Å². The summed E-state index contributed by atoms with van der Waals surface area (Å²) in [5, 5.41) is 2.72. The molecule has 2 rings (SSSR count). The van der Waals surface area contributed by atoms with E-state index in [9.17, 15) is 13.2 Å². The first-order valence-electron chi connectivity index (χ1n) is 7.39. The molecule has 1 aliphatic rings. The Bertz CT molecular complexity index is 647. The molecule has 0 saturated carbocycles. The maximum Gasteiger partial charge on any atom is 0.317 e. The predicted octanol–water partition coefficient (Wildman–Crippen LogP) is 0.902. The average molecular weight is 342 g/mol. The second-order valence-electron chi connectivity index (χ2n) is 5.43. The zero-order chi connectivity index (χ0) is 16.9. The van der Waals surface area contributed by atoms with Gasteiger partial charge in [-0.25, -0.2) is 13.2 Å². The first-order chi connectivity index (χ1) is 10.9. The second kappa shape index (κ2) is 7.54. The van der Waals surface area contributed by atoms with Gasteiger partial charge in [0, 0.05) is 19.2 Å². The van der Waals surface area contributed by atoms with Crippen LogP contribution in [0.2, 0.25) is 0 Å². The normalized spacial score (nSPS) is 19.1. The van der Waals surface area contributed by atoms with Gasteiger partial charge >= 0.3 is 6.03 Å². The molecule has 23 heavy (non-hydrogen) atoms. The number of carbonyl (C=O) groups excluding carboxylic acids is 1. The van der Waals surface area contributed by atoms with Crippen LogP contribution in [0.25, 0.3) is 0 Å². The van der Waals surface area contributed by atoms with E-state index in [2.05, 4.69) is 5.32 Å². The topological polar surface area (TPSA) is 84.9 Å². The summed E-state index contributed by atoms with van der Waals surface area (Å²) < 4.78 is 33.5. The average Bonchev–Trinajstić information content (AvgIpc) is 2.90. The molecular formula is C15H22N2O5S. The fourth-order valence-corrected chi connectivity index (χ4v) is 4.16. The first kappa shape index (κ1) is 17.4. The van der Waals surface area contributed by atoms with Crippen molar-refractivity contribution in [1.82, 2.24) is 10.2 Å². The van der Waals surface area contributed by atoms with E-state index < -0.39 is 9.84 Å². The summed E-state index contributed by atoms with van der Waals surface area (Å²) in [6.45, 7) is 0.648. The van der Waals surface area contributed by atoms with E-state index in [1.807, 2.05) is 12.1 Å². The van der Waals surface area contributed by atoms with Gasteiger partial charge in [0.05, 0.1) is 25.2 Å². The van der Waals surface area contributed by atoms with Crippen LogP contribution in [0, 0.1) is 0 Å². The van der Waals surface area contributed by atoms with Gasteiger partial charge in [-0.1, -0.05) is 6.07 Å². The minimum atomic E-state index is -3.00. The Balaban J connectivity index is 1.72. The van der Waals surface area contributed by atoms with E-state index in [0.717, 1.165) is 0 Å². The molecule has 1 saturated heterocycles. The molecule has 0 radical (unpaired) electrons. The van der Waals surface area contributed by atoms with Crippen molar-refractivity contribution in [1.29, 1.82) is 0 Å². The highest BCUT2D eigenvalue weighted by Crippen LogP contribution is 2.18. The lowest BCUT2D eigenvalue weighted by Crippen LogP contribution is -2.45. The number of amides is 2. The molecule has 0 aromatic heterocycles. The number of hydrogen-bond acceptors (Lipinski definition) is 5. The molecule has 1 fully saturated rings. The smallest absolute Gasteiger partial charge is 0.317 e. The largest absolute Gasteiger partial charge is 0.497 e. The molecule has 1 heterocycles. The maximum absolute atomic E-state index is 12.0. The third kappa shape index (κ3) is 5.02. The van der Waals surface area contributed by atoms with Gasteiger partial charge in [0.15, 0.2) is 9.84 Å². The Morgan fingerprint density at radius 2 is 2.13 bits per heavy atom. The number of rotatable bonds is 6. The van der Waals surface area contributed by atoms with E-state index in [-0.39, 0.29) is 23.6 Å². The Kier molecular flexibility index (Phi) is 5.70. The van der Waals surface area contributed by atoms with E-state index in [4.69, 9.17) is 9.47 Å². The molecule has 1 aliphatic heterocycles. The third-order valence-corrected chi connectivity index (χ3v) is 5.52.